The molecule has 0 saturated carbocycles. The summed E-state index contributed by atoms with van der Waals surface area (Å²) in [7, 11) is 3.12. The van der Waals surface area contributed by atoms with Crippen molar-refractivity contribution >= 4 is 17.2 Å². The summed E-state index contributed by atoms with van der Waals surface area (Å²) in [5.74, 6) is 0.934. The van der Waals surface area contributed by atoms with E-state index in [1.54, 1.807) is 44.6 Å². The molecule has 6 heteroatoms. The van der Waals surface area contributed by atoms with Crippen LogP contribution in [0.15, 0.2) is 73.1 Å². The largest absolute Gasteiger partial charge is 0.493 e. The van der Waals surface area contributed by atoms with Crippen molar-refractivity contribution < 1.29 is 14.3 Å². The average molecular weight is 373 g/mol. The zero-order valence-corrected chi connectivity index (χ0v) is 15.5. The highest BCUT2D eigenvalue weighted by molar-refractivity contribution is 6.05. The number of pyridine rings is 1. The minimum Gasteiger partial charge on any atom is -0.493 e. The van der Waals surface area contributed by atoms with Gasteiger partial charge >= 0.3 is 0 Å². The summed E-state index contributed by atoms with van der Waals surface area (Å²) in [6.07, 6.45) is 3.78. The van der Waals surface area contributed by atoms with Crippen LogP contribution in [0.5, 0.6) is 11.5 Å². The molecule has 0 unspecified atom stereocenters. The van der Waals surface area contributed by atoms with Gasteiger partial charge in [0.2, 0.25) is 0 Å². The van der Waals surface area contributed by atoms with E-state index in [0.29, 0.717) is 28.4 Å². The number of carbonyl (C=O) groups is 1. The lowest BCUT2D eigenvalue weighted by Gasteiger charge is -2.10. The molecule has 0 fully saturated rings. The van der Waals surface area contributed by atoms with Gasteiger partial charge in [-0.25, -0.2) is 4.98 Å². The number of nitrogens with zero attached hydrogens (tertiary/aromatic N) is 2. The minimum absolute atomic E-state index is 0.223. The fourth-order valence-electron chi connectivity index (χ4n) is 2.99. The van der Waals surface area contributed by atoms with Gasteiger partial charge in [0.15, 0.2) is 11.5 Å². The molecule has 0 aliphatic carbocycles. The Hall–Kier alpha value is -3.80. The Labute approximate surface area is 162 Å². The molecule has 1 amide bonds. The molecule has 0 saturated heterocycles. The van der Waals surface area contributed by atoms with Gasteiger partial charge in [-0.1, -0.05) is 30.3 Å². The standard InChI is InChI=1S/C22H19N3O3/c1-27-19-9-8-17(13-20(19)28-2)23-22(26)16-10-11-25-14-18(24-21(25)12-16)15-6-4-3-5-7-15/h3-14H,1-2H3,(H,23,26). The van der Waals surface area contributed by atoms with Crippen LogP contribution in [-0.2, 0) is 0 Å². The quantitative estimate of drug-likeness (QED) is 0.567. The van der Waals surface area contributed by atoms with E-state index in [-0.39, 0.29) is 5.91 Å². The van der Waals surface area contributed by atoms with E-state index in [2.05, 4.69) is 10.3 Å². The molecule has 4 aromatic rings. The predicted octanol–water partition coefficient (Wildman–Crippen LogP) is 4.27. The molecule has 6 nitrogen and oxygen atoms in total. The third-order valence-electron chi connectivity index (χ3n) is 4.43. The highest BCUT2D eigenvalue weighted by Gasteiger charge is 2.11. The summed E-state index contributed by atoms with van der Waals surface area (Å²) < 4.78 is 12.4. The van der Waals surface area contributed by atoms with Gasteiger partial charge in [-0.3, -0.25) is 4.79 Å². The van der Waals surface area contributed by atoms with Gasteiger partial charge in [-0.05, 0) is 24.3 Å². The number of anilines is 1. The van der Waals surface area contributed by atoms with Crippen molar-refractivity contribution in [2.24, 2.45) is 0 Å². The number of amides is 1. The van der Waals surface area contributed by atoms with Crippen LogP contribution >= 0.6 is 0 Å². The van der Waals surface area contributed by atoms with Gasteiger partial charge in [0, 0.05) is 35.3 Å². The monoisotopic (exact) mass is 373 g/mol. The number of ether oxygens (including phenoxy) is 2. The van der Waals surface area contributed by atoms with E-state index in [1.807, 2.05) is 47.1 Å². The van der Waals surface area contributed by atoms with E-state index >= 15 is 0 Å². The molecular formula is C22H19N3O3. The maximum atomic E-state index is 12.7. The Balaban J connectivity index is 1.59. The summed E-state index contributed by atoms with van der Waals surface area (Å²) in [6, 6.07) is 18.7. The van der Waals surface area contributed by atoms with Crippen LogP contribution in [0.25, 0.3) is 16.9 Å². The Kier molecular flexibility index (Phi) is 4.68. The molecule has 0 atom stereocenters. The molecule has 2 aromatic carbocycles. The molecule has 4 rings (SSSR count). The number of carbonyl (C=O) groups excluding carboxylic acids is 1. The van der Waals surface area contributed by atoms with Crippen molar-refractivity contribution in [2.75, 3.05) is 19.5 Å². The van der Waals surface area contributed by atoms with Gasteiger partial charge in [-0.2, -0.15) is 0 Å². The zero-order valence-electron chi connectivity index (χ0n) is 15.5. The minimum atomic E-state index is -0.223. The second-order valence-corrected chi connectivity index (χ2v) is 6.20. The first kappa shape index (κ1) is 17.6. The number of hydrogen-bond donors (Lipinski definition) is 1. The van der Waals surface area contributed by atoms with Crippen molar-refractivity contribution in [3.8, 4) is 22.8 Å². The Bertz CT molecular complexity index is 1140. The number of fused-ring (bicyclic) bond motifs is 1. The highest BCUT2D eigenvalue weighted by atomic mass is 16.5. The van der Waals surface area contributed by atoms with Crippen LogP contribution in [0.2, 0.25) is 0 Å². The maximum Gasteiger partial charge on any atom is 0.255 e. The number of aromatic nitrogens is 2. The molecular weight excluding hydrogens is 354 g/mol. The fourth-order valence-corrected chi connectivity index (χ4v) is 2.99. The van der Waals surface area contributed by atoms with Crippen molar-refractivity contribution in [2.45, 2.75) is 0 Å². The predicted molar refractivity (Wildman–Crippen MR) is 108 cm³/mol. The third-order valence-corrected chi connectivity index (χ3v) is 4.43. The molecule has 0 radical (unpaired) electrons. The van der Waals surface area contributed by atoms with E-state index in [9.17, 15) is 4.79 Å². The van der Waals surface area contributed by atoms with Crippen LogP contribution in [0.3, 0.4) is 0 Å². The van der Waals surface area contributed by atoms with E-state index in [1.165, 1.54) is 0 Å². The Morgan fingerprint density at radius 3 is 2.50 bits per heavy atom. The zero-order chi connectivity index (χ0) is 19.5. The summed E-state index contributed by atoms with van der Waals surface area (Å²) in [5.41, 5.74) is 3.74. The van der Waals surface area contributed by atoms with Gasteiger partial charge in [-0.15, -0.1) is 0 Å². The van der Waals surface area contributed by atoms with Crippen molar-refractivity contribution in [3.63, 3.8) is 0 Å². The normalized spacial score (nSPS) is 10.6. The van der Waals surface area contributed by atoms with Crippen LogP contribution in [0.1, 0.15) is 10.4 Å². The first-order valence-corrected chi connectivity index (χ1v) is 8.75. The van der Waals surface area contributed by atoms with Crippen molar-refractivity contribution in [1.29, 1.82) is 0 Å². The summed E-state index contributed by atoms with van der Waals surface area (Å²) in [5, 5.41) is 2.88. The van der Waals surface area contributed by atoms with Crippen LogP contribution in [0.4, 0.5) is 5.69 Å². The molecule has 0 aliphatic rings. The molecule has 2 aromatic heterocycles. The van der Waals surface area contributed by atoms with Crippen LogP contribution < -0.4 is 14.8 Å². The third kappa shape index (κ3) is 3.40. The van der Waals surface area contributed by atoms with Crippen molar-refractivity contribution in [3.05, 3.63) is 78.6 Å². The topological polar surface area (TPSA) is 64.9 Å². The molecule has 0 aliphatic heterocycles. The van der Waals surface area contributed by atoms with Crippen LogP contribution in [-0.4, -0.2) is 29.5 Å². The maximum absolute atomic E-state index is 12.7. The molecule has 1 N–H and O–H groups in total. The lowest BCUT2D eigenvalue weighted by molar-refractivity contribution is 0.102. The average Bonchev–Trinajstić information content (AvgIpc) is 3.17. The Morgan fingerprint density at radius 2 is 1.75 bits per heavy atom. The number of imidazole rings is 1. The Morgan fingerprint density at radius 1 is 0.964 bits per heavy atom. The lowest BCUT2D eigenvalue weighted by Crippen LogP contribution is -2.12. The number of rotatable bonds is 5. The molecule has 0 spiro atoms. The van der Waals surface area contributed by atoms with E-state index < -0.39 is 0 Å². The van der Waals surface area contributed by atoms with Crippen molar-refractivity contribution in [1.82, 2.24) is 9.38 Å². The highest BCUT2D eigenvalue weighted by Crippen LogP contribution is 2.30. The number of nitrogens with one attached hydrogen (secondary N) is 1. The number of benzene rings is 2. The van der Waals surface area contributed by atoms with E-state index in [0.717, 1.165) is 11.3 Å². The molecule has 140 valence electrons. The lowest BCUT2D eigenvalue weighted by atomic mass is 10.2. The second kappa shape index (κ2) is 7.44. The van der Waals surface area contributed by atoms with Gasteiger partial charge < -0.3 is 19.2 Å². The SMILES string of the molecule is COc1ccc(NC(=O)c2ccn3cc(-c4ccccc4)nc3c2)cc1OC. The summed E-state index contributed by atoms with van der Waals surface area (Å²) in [6.45, 7) is 0. The summed E-state index contributed by atoms with van der Waals surface area (Å²) in [4.78, 5) is 17.3. The fraction of sp³-hybridized carbons (Fsp3) is 0.0909. The van der Waals surface area contributed by atoms with Crippen LogP contribution in [0, 0.1) is 0 Å². The van der Waals surface area contributed by atoms with Gasteiger partial charge in [0.25, 0.3) is 5.91 Å². The molecule has 0 bridgehead atoms. The van der Waals surface area contributed by atoms with E-state index in [4.69, 9.17) is 9.47 Å². The van der Waals surface area contributed by atoms with Gasteiger partial charge in [0.1, 0.15) is 5.65 Å². The number of methoxy groups -OCH3 is 2. The number of hydrogen-bond acceptors (Lipinski definition) is 4. The molecule has 28 heavy (non-hydrogen) atoms. The molecule has 2 heterocycles. The first-order valence-electron chi connectivity index (χ1n) is 8.75. The van der Waals surface area contributed by atoms with Gasteiger partial charge in [0.05, 0.1) is 19.9 Å². The first-order chi connectivity index (χ1) is 13.7. The summed E-state index contributed by atoms with van der Waals surface area (Å²) >= 11 is 0. The second-order valence-electron chi connectivity index (χ2n) is 6.20. The smallest absolute Gasteiger partial charge is 0.255 e.